The highest BCUT2D eigenvalue weighted by molar-refractivity contribution is 7.06. The number of carbonyl (C=O) groups excluding carboxylic acids is 1. The number of carbonyl (C=O) groups is 2. The monoisotopic (exact) mass is 318 g/mol. The van der Waals surface area contributed by atoms with E-state index in [1.165, 1.54) is 0 Å². The zero-order chi connectivity index (χ0) is 15.3. The Morgan fingerprint density at radius 1 is 1.36 bits per heavy atom. The van der Waals surface area contributed by atoms with E-state index in [-0.39, 0.29) is 30.7 Å². The smallest absolute Gasteiger partial charge is 0.357 e. The minimum absolute atomic E-state index is 0.112. The van der Waals surface area contributed by atoms with Crippen molar-refractivity contribution in [2.24, 2.45) is 0 Å². The fraction of sp³-hybridized carbons (Fsp3) is 0.214. The second-order valence-electron chi connectivity index (χ2n) is 4.99. The molecule has 1 amide bonds. The Morgan fingerprint density at radius 2 is 2.18 bits per heavy atom. The van der Waals surface area contributed by atoms with Crippen LogP contribution in [0.2, 0.25) is 0 Å². The Kier molecular flexibility index (Phi) is 2.80. The van der Waals surface area contributed by atoms with E-state index >= 15 is 0 Å². The Morgan fingerprint density at radius 3 is 3.00 bits per heavy atom. The molecule has 2 aliphatic heterocycles. The minimum atomic E-state index is -1.15. The van der Waals surface area contributed by atoms with E-state index < -0.39 is 5.97 Å². The molecule has 8 heteroatoms. The fourth-order valence-electron chi connectivity index (χ4n) is 2.68. The van der Waals surface area contributed by atoms with Gasteiger partial charge < -0.3 is 19.9 Å². The summed E-state index contributed by atoms with van der Waals surface area (Å²) in [6.07, 6.45) is 0.244. The van der Waals surface area contributed by atoms with Crippen molar-refractivity contribution in [2.75, 3.05) is 12.1 Å². The predicted molar refractivity (Wildman–Crippen MR) is 76.7 cm³/mol. The third kappa shape index (κ3) is 1.92. The summed E-state index contributed by atoms with van der Waals surface area (Å²) in [7, 11) is 0. The maximum atomic E-state index is 11.9. The van der Waals surface area contributed by atoms with Crippen LogP contribution in [0.25, 0.3) is 0 Å². The van der Waals surface area contributed by atoms with Crippen LogP contribution in [0, 0.1) is 0 Å². The summed E-state index contributed by atoms with van der Waals surface area (Å²) in [6.45, 7) is 0.179. The molecule has 112 valence electrons. The van der Waals surface area contributed by atoms with Crippen LogP contribution in [0.15, 0.2) is 18.2 Å². The summed E-state index contributed by atoms with van der Waals surface area (Å²) < 4.78 is 14.6. The number of hydrogen-bond acceptors (Lipinski definition) is 6. The molecular formula is C14H10N2O5S. The number of amides is 1. The first-order valence-electron chi connectivity index (χ1n) is 6.55. The maximum Gasteiger partial charge on any atom is 0.357 e. The summed E-state index contributed by atoms with van der Waals surface area (Å²) in [5.74, 6) is -0.307. The van der Waals surface area contributed by atoms with Crippen molar-refractivity contribution >= 4 is 29.1 Å². The van der Waals surface area contributed by atoms with Gasteiger partial charge >= 0.3 is 5.97 Å². The van der Waals surface area contributed by atoms with E-state index in [0.29, 0.717) is 17.2 Å². The first-order valence-corrected chi connectivity index (χ1v) is 7.33. The highest BCUT2D eigenvalue weighted by Gasteiger charge is 2.33. The van der Waals surface area contributed by atoms with E-state index in [1.807, 2.05) is 12.1 Å². The normalized spacial score (nSPS) is 18.7. The van der Waals surface area contributed by atoms with E-state index in [0.717, 1.165) is 22.0 Å². The summed E-state index contributed by atoms with van der Waals surface area (Å²) >= 11 is 1.10. The molecule has 1 aromatic carbocycles. The van der Waals surface area contributed by atoms with Gasteiger partial charge in [0.15, 0.2) is 17.2 Å². The number of nitrogens with one attached hydrogen (secondary N) is 1. The lowest BCUT2D eigenvalue weighted by Gasteiger charge is -2.22. The number of carboxylic acids is 1. The van der Waals surface area contributed by atoms with Crippen molar-refractivity contribution in [3.8, 4) is 11.5 Å². The number of anilines is 1. The molecule has 2 aliphatic rings. The Labute approximate surface area is 128 Å². The van der Waals surface area contributed by atoms with Gasteiger partial charge in [-0.25, -0.2) is 4.79 Å². The van der Waals surface area contributed by atoms with Crippen molar-refractivity contribution in [1.82, 2.24) is 4.37 Å². The molecule has 1 atom stereocenters. The molecule has 0 bridgehead atoms. The van der Waals surface area contributed by atoms with E-state index in [4.69, 9.17) is 14.6 Å². The van der Waals surface area contributed by atoms with E-state index in [9.17, 15) is 9.59 Å². The lowest BCUT2D eigenvalue weighted by Crippen LogP contribution is -2.23. The van der Waals surface area contributed by atoms with Gasteiger partial charge in [-0.15, -0.1) is 0 Å². The SMILES string of the molecule is O=C1C[C@H](c2ccc3c(c2)OCO3)c2snc(C(=O)O)c2N1. The molecule has 0 saturated carbocycles. The standard InChI is InChI=1S/C14H10N2O5S/c17-10-4-7(6-1-2-8-9(3-6)21-5-20-8)13-11(15-10)12(14(18)19)16-22-13/h1-3,7H,4-5H2,(H,15,17)(H,18,19)/t7-/m1/s1. The zero-order valence-corrected chi connectivity index (χ0v) is 12.0. The van der Waals surface area contributed by atoms with E-state index in [1.54, 1.807) is 6.07 Å². The molecule has 0 aliphatic carbocycles. The lowest BCUT2D eigenvalue weighted by atomic mass is 9.90. The predicted octanol–water partition coefficient (Wildman–Crippen LogP) is 2.04. The number of rotatable bonds is 2. The van der Waals surface area contributed by atoms with Crippen LogP contribution in [-0.4, -0.2) is 28.1 Å². The average Bonchev–Trinajstić information content (AvgIpc) is 3.11. The summed E-state index contributed by atoms with van der Waals surface area (Å²) in [5.41, 5.74) is 1.07. The molecule has 2 N–H and O–H groups in total. The first kappa shape index (κ1) is 13.1. The molecule has 0 saturated heterocycles. The molecule has 22 heavy (non-hydrogen) atoms. The highest BCUT2D eigenvalue weighted by atomic mass is 32.1. The van der Waals surface area contributed by atoms with Crippen molar-refractivity contribution in [3.05, 3.63) is 34.3 Å². The van der Waals surface area contributed by atoms with Gasteiger partial charge in [0.1, 0.15) is 0 Å². The Hall–Kier alpha value is -2.61. The molecule has 0 spiro atoms. The van der Waals surface area contributed by atoms with Crippen LogP contribution >= 0.6 is 11.5 Å². The highest BCUT2D eigenvalue weighted by Crippen LogP contribution is 2.44. The fourth-order valence-corrected chi connectivity index (χ4v) is 3.62. The maximum absolute atomic E-state index is 11.9. The van der Waals surface area contributed by atoms with Gasteiger partial charge in [-0.2, -0.15) is 4.37 Å². The second-order valence-corrected chi connectivity index (χ2v) is 5.80. The van der Waals surface area contributed by atoms with Gasteiger partial charge in [-0.05, 0) is 29.2 Å². The van der Waals surface area contributed by atoms with Crippen LogP contribution in [0.3, 0.4) is 0 Å². The van der Waals surface area contributed by atoms with Crippen LogP contribution < -0.4 is 14.8 Å². The second kappa shape index (κ2) is 4.70. The number of benzene rings is 1. The number of aromatic carboxylic acids is 1. The largest absolute Gasteiger partial charge is 0.476 e. The third-order valence-corrected chi connectivity index (χ3v) is 4.65. The van der Waals surface area contributed by atoms with Crippen molar-refractivity contribution in [3.63, 3.8) is 0 Å². The van der Waals surface area contributed by atoms with Crippen molar-refractivity contribution in [2.45, 2.75) is 12.3 Å². The molecule has 1 aromatic heterocycles. The van der Waals surface area contributed by atoms with Gasteiger partial charge in [0.05, 0.1) is 10.6 Å². The quantitative estimate of drug-likeness (QED) is 0.879. The average molecular weight is 318 g/mol. The molecule has 7 nitrogen and oxygen atoms in total. The molecule has 0 unspecified atom stereocenters. The molecule has 4 rings (SSSR count). The number of ether oxygens (including phenoxy) is 2. The minimum Gasteiger partial charge on any atom is -0.476 e. The third-order valence-electron chi connectivity index (χ3n) is 3.69. The Balaban J connectivity index is 1.80. The van der Waals surface area contributed by atoms with Crippen LogP contribution in [-0.2, 0) is 4.79 Å². The van der Waals surface area contributed by atoms with E-state index in [2.05, 4.69) is 9.69 Å². The Bertz CT molecular complexity index is 801. The number of carboxylic acid groups (broad SMARTS) is 1. The molecular weight excluding hydrogens is 308 g/mol. The van der Waals surface area contributed by atoms with Gasteiger partial charge in [0.2, 0.25) is 12.7 Å². The van der Waals surface area contributed by atoms with Gasteiger partial charge in [0, 0.05) is 12.3 Å². The van der Waals surface area contributed by atoms with Crippen LogP contribution in [0.4, 0.5) is 5.69 Å². The lowest BCUT2D eigenvalue weighted by molar-refractivity contribution is -0.116. The van der Waals surface area contributed by atoms with Gasteiger partial charge in [-0.3, -0.25) is 4.79 Å². The van der Waals surface area contributed by atoms with Crippen molar-refractivity contribution < 1.29 is 24.2 Å². The molecule has 0 fully saturated rings. The molecule has 0 radical (unpaired) electrons. The van der Waals surface area contributed by atoms with Gasteiger partial charge in [0.25, 0.3) is 0 Å². The first-order chi connectivity index (χ1) is 10.6. The topological polar surface area (TPSA) is 97.8 Å². The molecule has 2 aromatic rings. The van der Waals surface area contributed by atoms with Gasteiger partial charge in [-0.1, -0.05) is 6.07 Å². The number of hydrogen-bond donors (Lipinski definition) is 2. The summed E-state index contributed by atoms with van der Waals surface area (Å²) in [4.78, 5) is 23.9. The number of nitrogens with zero attached hydrogens (tertiary/aromatic N) is 1. The number of aromatic nitrogens is 1. The molecule has 3 heterocycles. The van der Waals surface area contributed by atoms with Crippen LogP contribution in [0.1, 0.15) is 33.3 Å². The van der Waals surface area contributed by atoms with Crippen LogP contribution in [0.5, 0.6) is 11.5 Å². The van der Waals surface area contributed by atoms with Crippen molar-refractivity contribution in [1.29, 1.82) is 0 Å². The summed E-state index contributed by atoms with van der Waals surface area (Å²) in [5, 5.41) is 11.8. The zero-order valence-electron chi connectivity index (χ0n) is 11.2. The number of fused-ring (bicyclic) bond motifs is 2. The summed E-state index contributed by atoms with van der Waals surface area (Å²) in [6, 6.07) is 5.49.